The lowest BCUT2D eigenvalue weighted by Crippen LogP contribution is -2.06. The first-order chi connectivity index (χ1) is 8.83. The Morgan fingerprint density at radius 1 is 1.22 bits per heavy atom. The molecule has 0 aliphatic carbocycles. The van der Waals surface area contributed by atoms with Crippen LogP contribution in [0.25, 0.3) is 10.9 Å². The van der Waals surface area contributed by atoms with Crippen molar-refractivity contribution in [1.29, 1.82) is 0 Å². The molecule has 1 aromatic carbocycles. The maximum absolute atomic E-state index is 4.14. The summed E-state index contributed by atoms with van der Waals surface area (Å²) in [7, 11) is 0. The first-order valence-corrected chi connectivity index (χ1v) is 6.06. The summed E-state index contributed by atoms with van der Waals surface area (Å²) in [6.07, 6.45) is 5.65. The highest BCUT2D eigenvalue weighted by molar-refractivity contribution is 5.83. The number of H-pyrrole nitrogens is 1. The fraction of sp³-hybridized carbons (Fsp3) is 0.133. The van der Waals surface area contributed by atoms with Crippen molar-refractivity contribution in [2.75, 3.05) is 5.32 Å². The number of rotatable bonds is 3. The maximum atomic E-state index is 4.14. The molecular weight excluding hydrogens is 222 g/mol. The second-order valence-corrected chi connectivity index (χ2v) is 4.43. The van der Waals surface area contributed by atoms with E-state index in [0.717, 1.165) is 11.2 Å². The number of nitrogens with zero attached hydrogens (tertiary/aromatic N) is 1. The van der Waals surface area contributed by atoms with Crippen molar-refractivity contribution in [3.05, 3.63) is 60.6 Å². The van der Waals surface area contributed by atoms with Crippen molar-refractivity contribution in [2.45, 2.75) is 13.0 Å². The average Bonchev–Trinajstić information content (AvgIpc) is 2.87. The molecule has 2 heterocycles. The minimum atomic E-state index is 0.245. The number of anilines is 1. The van der Waals surface area contributed by atoms with E-state index in [1.165, 1.54) is 10.9 Å². The van der Waals surface area contributed by atoms with Crippen molar-refractivity contribution >= 4 is 16.6 Å². The van der Waals surface area contributed by atoms with E-state index in [9.17, 15) is 0 Å². The van der Waals surface area contributed by atoms with Gasteiger partial charge in [-0.25, -0.2) is 0 Å². The smallest absolute Gasteiger partial charge is 0.0500 e. The van der Waals surface area contributed by atoms with Crippen molar-refractivity contribution < 1.29 is 0 Å². The first-order valence-electron chi connectivity index (χ1n) is 6.06. The van der Waals surface area contributed by atoms with Gasteiger partial charge in [-0.05, 0) is 42.8 Å². The highest BCUT2D eigenvalue weighted by Gasteiger charge is 2.05. The number of hydrogen-bond donors (Lipinski definition) is 2. The van der Waals surface area contributed by atoms with Gasteiger partial charge >= 0.3 is 0 Å². The molecule has 1 unspecified atom stereocenters. The number of nitrogens with one attached hydrogen (secondary N) is 2. The number of hydrogen-bond acceptors (Lipinski definition) is 2. The minimum Gasteiger partial charge on any atom is -0.378 e. The summed E-state index contributed by atoms with van der Waals surface area (Å²) in [4.78, 5) is 7.34. The Balaban J connectivity index is 1.83. The lowest BCUT2D eigenvalue weighted by Gasteiger charge is -2.15. The SMILES string of the molecule is CC(Nc1ccc2[nH]ccc2c1)c1cccnc1. The largest absolute Gasteiger partial charge is 0.378 e. The van der Waals surface area contributed by atoms with E-state index in [0.29, 0.717) is 0 Å². The predicted octanol–water partition coefficient (Wildman–Crippen LogP) is 3.74. The minimum absolute atomic E-state index is 0.245. The lowest BCUT2D eigenvalue weighted by atomic mass is 10.1. The Morgan fingerprint density at radius 2 is 2.17 bits per heavy atom. The second kappa shape index (κ2) is 4.53. The Kier molecular flexibility index (Phi) is 2.73. The van der Waals surface area contributed by atoms with Crippen LogP contribution in [0.5, 0.6) is 0 Å². The molecule has 0 radical (unpaired) electrons. The normalized spacial score (nSPS) is 12.5. The van der Waals surface area contributed by atoms with Crippen LogP contribution in [0, 0.1) is 0 Å². The Labute approximate surface area is 106 Å². The topological polar surface area (TPSA) is 40.7 Å². The summed E-state index contributed by atoms with van der Waals surface area (Å²) in [5.41, 5.74) is 3.47. The maximum Gasteiger partial charge on any atom is 0.0500 e. The summed E-state index contributed by atoms with van der Waals surface area (Å²) < 4.78 is 0. The molecule has 90 valence electrons. The van der Waals surface area contributed by atoms with E-state index in [-0.39, 0.29) is 6.04 Å². The van der Waals surface area contributed by atoms with Crippen LogP contribution in [0.3, 0.4) is 0 Å². The van der Waals surface area contributed by atoms with Gasteiger partial charge in [0.1, 0.15) is 0 Å². The summed E-state index contributed by atoms with van der Waals surface area (Å²) in [6, 6.07) is 12.7. The van der Waals surface area contributed by atoms with Crippen LogP contribution >= 0.6 is 0 Å². The fourth-order valence-corrected chi connectivity index (χ4v) is 2.11. The van der Waals surface area contributed by atoms with E-state index in [1.807, 2.05) is 18.5 Å². The van der Waals surface area contributed by atoms with Crippen LogP contribution in [0.15, 0.2) is 55.0 Å². The molecule has 18 heavy (non-hydrogen) atoms. The molecule has 0 fully saturated rings. The van der Waals surface area contributed by atoms with Crippen LogP contribution in [0.4, 0.5) is 5.69 Å². The quantitative estimate of drug-likeness (QED) is 0.728. The number of fused-ring (bicyclic) bond motifs is 1. The molecule has 0 amide bonds. The fourth-order valence-electron chi connectivity index (χ4n) is 2.11. The molecule has 0 aliphatic rings. The molecular formula is C15H15N3. The van der Waals surface area contributed by atoms with E-state index in [1.54, 1.807) is 6.20 Å². The van der Waals surface area contributed by atoms with E-state index < -0.39 is 0 Å². The van der Waals surface area contributed by atoms with Gasteiger partial charge < -0.3 is 10.3 Å². The highest BCUT2D eigenvalue weighted by atomic mass is 14.9. The van der Waals surface area contributed by atoms with E-state index >= 15 is 0 Å². The van der Waals surface area contributed by atoms with E-state index in [2.05, 4.69) is 52.5 Å². The van der Waals surface area contributed by atoms with Crippen molar-refractivity contribution in [3.63, 3.8) is 0 Å². The van der Waals surface area contributed by atoms with Crippen LogP contribution in [-0.4, -0.2) is 9.97 Å². The van der Waals surface area contributed by atoms with Gasteiger partial charge in [-0.3, -0.25) is 4.98 Å². The van der Waals surface area contributed by atoms with Crippen molar-refractivity contribution in [2.24, 2.45) is 0 Å². The molecule has 0 aliphatic heterocycles. The molecule has 0 saturated carbocycles. The first kappa shape index (κ1) is 10.8. The van der Waals surface area contributed by atoms with Gasteiger partial charge in [0.15, 0.2) is 0 Å². The summed E-state index contributed by atoms with van der Waals surface area (Å²) in [6.45, 7) is 2.14. The summed E-state index contributed by atoms with van der Waals surface area (Å²) >= 11 is 0. The van der Waals surface area contributed by atoms with Crippen LogP contribution in [0.1, 0.15) is 18.5 Å². The summed E-state index contributed by atoms with van der Waals surface area (Å²) in [5, 5.41) is 4.71. The zero-order chi connectivity index (χ0) is 12.4. The number of benzene rings is 1. The van der Waals surface area contributed by atoms with Crippen LogP contribution < -0.4 is 5.32 Å². The van der Waals surface area contributed by atoms with Gasteiger partial charge in [0.2, 0.25) is 0 Å². The monoisotopic (exact) mass is 237 g/mol. The zero-order valence-electron chi connectivity index (χ0n) is 10.2. The van der Waals surface area contributed by atoms with Crippen molar-refractivity contribution in [1.82, 2.24) is 9.97 Å². The van der Waals surface area contributed by atoms with Gasteiger partial charge in [0.05, 0.1) is 6.04 Å². The Morgan fingerprint density at radius 3 is 3.00 bits per heavy atom. The number of pyridine rings is 1. The third-order valence-electron chi connectivity index (χ3n) is 3.12. The van der Waals surface area contributed by atoms with Crippen molar-refractivity contribution in [3.8, 4) is 0 Å². The zero-order valence-corrected chi connectivity index (χ0v) is 10.2. The van der Waals surface area contributed by atoms with Gasteiger partial charge in [-0.2, -0.15) is 0 Å². The van der Waals surface area contributed by atoms with Gasteiger partial charge in [0.25, 0.3) is 0 Å². The second-order valence-electron chi connectivity index (χ2n) is 4.43. The Bertz CT molecular complexity index is 643. The molecule has 1 atom stereocenters. The molecule has 3 aromatic rings. The lowest BCUT2D eigenvalue weighted by molar-refractivity contribution is 0.876. The molecule has 2 N–H and O–H groups in total. The summed E-state index contributed by atoms with van der Waals surface area (Å²) in [5.74, 6) is 0. The highest BCUT2D eigenvalue weighted by Crippen LogP contribution is 2.22. The molecule has 0 saturated heterocycles. The van der Waals surface area contributed by atoms with Crippen LogP contribution in [0.2, 0.25) is 0 Å². The number of aromatic nitrogens is 2. The molecule has 2 aromatic heterocycles. The standard InChI is InChI=1S/C15H15N3/c1-11(13-3-2-7-16-10-13)18-14-4-5-15-12(9-14)6-8-17-15/h2-11,17-18H,1H3. The molecule has 0 bridgehead atoms. The van der Waals surface area contributed by atoms with Gasteiger partial charge in [-0.1, -0.05) is 6.07 Å². The Hall–Kier alpha value is -2.29. The van der Waals surface area contributed by atoms with Crippen LogP contribution in [-0.2, 0) is 0 Å². The predicted molar refractivity (Wildman–Crippen MR) is 74.6 cm³/mol. The van der Waals surface area contributed by atoms with E-state index in [4.69, 9.17) is 0 Å². The van der Waals surface area contributed by atoms with Gasteiger partial charge in [-0.15, -0.1) is 0 Å². The third kappa shape index (κ3) is 2.07. The molecule has 3 rings (SSSR count). The average molecular weight is 237 g/mol. The molecule has 3 heteroatoms. The number of aromatic amines is 1. The third-order valence-corrected chi connectivity index (χ3v) is 3.12. The van der Waals surface area contributed by atoms with Gasteiger partial charge in [0, 0.05) is 35.2 Å². The molecule has 3 nitrogen and oxygen atoms in total. The molecule has 0 spiro atoms.